The zero-order valence-corrected chi connectivity index (χ0v) is 13.0. The van der Waals surface area contributed by atoms with Crippen molar-refractivity contribution in [3.05, 3.63) is 33.9 Å². The molecule has 19 heavy (non-hydrogen) atoms. The second-order valence-electron chi connectivity index (χ2n) is 6.00. The van der Waals surface area contributed by atoms with Crippen molar-refractivity contribution in [2.24, 2.45) is 5.73 Å². The van der Waals surface area contributed by atoms with Gasteiger partial charge in [0.2, 0.25) is 5.91 Å². The lowest BCUT2D eigenvalue weighted by Crippen LogP contribution is -2.40. The van der Waals surface area contributed by atoms with Crippen LogP contribution in [0.5, 0.6) is 0 Å². The number of amides is 1. The Morgan fingerprint density at radius 1 is 1.16 bits per heavy atom. The molecule has 1 amide bonds. The van der Waals surface area contributed by atoms with Gasteiger partial charge in [0.05, 0.1) is 6.54 Å². The minimum absolute atomic E-state index is 0.0425. The zero-order valence-electron chi connectivity index (χ0n) is 13.0. The number of aryl methyl sites for hydroxylation is 2. The molecular weight excluding hydrogens is 236 g/mol. The van der Waals surface area contributed by atoms with Gasteiger partial charge in [-0.3, -0.25) is 4.79 Å². The van der Waals surface area contributed by atoms with Crippen LogP contribution in [0.1, 0.15) is 41.7 Å². The minimum Gasteiger partial charge on any atom is -0.354 e. The molecule has 0 aromatic heterocycles. The van der Waals surface area contributed by atoms with Gasteiger partial charge in [-0.2, -0.15) is 0 Å². The van der Waals surface area contributed by atoms with Crippen molar-refractivity contribution >= 4 is 5.91 Å². The lowest BCUT2D eigenvalue weighted by Gasteiger charge is -2.31. The van der Waals surface area contributed by atoms with Gasteiger partial charge in [0, 0.05) is 12.0 Å². The molecule has 0 unspecified atom stereocenters. The number of hydrogen-bond acceptors (Lipinski definition) is 2. The Bertz CT molecular complexity index is 464. The van der Waals surface area contributed by atoms with Crippen LogP contribution in [-0.4, -0.2) is 19.0 Å². The molecule has 0 atom stereocenters. The molecule has 0 saturated heterocycles. The van der Waals surface area contributed by atoms with E-state index >= 15 is 0 Å². The topological polar surface area (TPSA) is 55.1 Å². The molecule has 0 aliphatic carbocycles. The summed E-state index contributed by atoms with van der Waals surface area (Å²) >= 11 is 0. The van der Waals surface area contributed by atoms with E-state index in [2.05, 4.69) is 52.9 Å². The van der Waals surface area contributed by atoms with Crippen LogP contribution in [0.2, 0.25) is 0 Å². The molecule has 1 aromatic carbocycles. The summed E-state index contributed by atoms with van der Waals surface area (Å²) in [5.74, 6) is -0.104. The van der Waals surface area contributed by atoms with E-state index in [9.17, 15) is 4.79 Å². The highest BCUT2D eigenvalue weighted by Gasteiger charge is 2.26. The Labute approximate surface area is 116 Å². The maximum Gasteiger partial charge on any atom is 0.233 e. The first-order valence-electron chi connectivity index (χ1n) is 6.75. The number of hydrogen-bond donors (Lipinski definition) is 2. The summed E-state index contributed by atoms with van der Waals surface area (Å²) in [5.41, 5.74) is 11.8. The van der Waals surface area contributed by atoms with Crippen LogP contribution in [-0.2, 0) is 10.2 Å². The highest BCUT2D eigenvalue weighted by Crippen LogP contribution is 2.32. The van der Waals surface area contributed by atoms with E-state index in [1.54, 1.807) is 0 Å². The van der Waals surface area contributed by atoms with E-state index in [1.807, 2.05) is 0 Å². The number of rotatable bonds is 4. The van der Waals surface area contributed by atoms with E-state index < -0.39 is 0 Å². The van der Waals surface area contributed by atoms with Gasteiger partial charge in [-0.15, -0.1) is 0 Å². The summed E-state index contributed by atoms with van der Waals surface area (Å²) in [6.07, 6.45) is 0. The monoisotopic (exact) mass is 262 g/mol. The summed E-state index contributed by atoms with van der Waals surface area (Å²) in [6, 6.07) is 2.22. The second-order valence-corrected chi connectivity index (χ2v) is 6.00. The number of benzene rings is 1. The number of nitrogens with two attached hydrogens (primary N) is 1. The molecule has 0 heterocycles. The fourth-order valence-electron chi connectivity index (χ4n) is 2.71. The third kappa shape index (κ3) is 3.35. The normalized spacial score (nSPS) is 11.5. The molecular formula is C16H26N2O. The van der Waals surface area contributed by atoms with Crippen LogP contribution in [0.4, 0.5) is 0 Å². The van der Waals surface area contributed by atoms with Crippen LogP contribution < -0.4 is 11.1 Å². The van der Waals surface area contributed by atoms with Gasteiger partial charge >= 0.3 is 0 Å². The van der Waals surface area contributed by atoms with Gasteiger partial charge in [-0.05, 0) is 55.5 Å². The van der Waals surface area contributed by atoms with E-state index in [-0.39, 0.29) is 17.9 Å². The first-order valence-corrected chi connectivity index (χ1v) is 6.75. The fraction of sp³-hybridized carbons (Fsp3) is 0.562. The van der Waals surface area contributed by atoms with E-state index in [0.717, 1.165) is 0 Å². The van der Waals surface area contributed by atoms with Crippen LogP contribution in [0.25, 0.3) is 0 Å². The first kappa shape index (κ1) is 15.7. The van der Waals surface area contributed by atoms with Crippen LogP contribution >= 0.6 is 0 Å². The van der Waals surface area contributed by atoms with Crippen LogP contribution in [0, 0.1) is 27.7 Å². The number of carbonyl (C=O) groups excluding carboxylic acids is 1. The predicted molar refractivity (Wildman–Crippen MR) is 80.5 cm³/mol. The fourth-order valence-corrected chi connectivity index (χ4v) is 2.71. The molecule has 1 rings (SSSR count). The molecule has 0 saturated carbocycles. The standard InChI is InChI=1S/C16H26N2O/c1-10-7-11(2)13(4)15(12(10)3)16(5,6)9-18-14(19)8-17/h7H,8-9,17H2,1-6H3,(H,18,19). The van der Waals surface area contributed by atoms with E-state index in [4.69, 9.17) is 5.73 Å². The molecule has 0 aliphatic heterocycles. The minimum atomic E-state index is -0.104. The SMILES string of the molecule is Cc1cc(C)c(C)c(C(C)(C)CNC(=O)CN)c1C. The quantitative estimate of drug-likeness (QED) is 0.874. The zero-order chi connectivity index (χ0) is 14.8. The van der Waals surface area contributed by atoms with E-state index in [1.165, 1.54) is 27.8 Å². The molecule has 0 spiro atoms. The molecule has 0 bridgehead atoms. The third-order valence-electron chi connectivity index (χ3n) is 3.96. The van der Waals surface area contributed by atoms with Gasteiger partial charge in [0.15, 0.2) is 0 Å². The second kappa shape index (κ2) is 5.74. The summed E-state index contributed by atoms with van der Waals surface area (Å²) in [6.45, 7) is 13.6. The smallest absolute Gasteiger partial charge is 0.233 e. The van der Waals surface area contributed by atoms with Crippen molar-refractivity contribution in [2.45, 2.75) is 47.0 Å². The Morgan fingerprint density at radius 3 is 2.05 bits per heavy atom. The van der Waals surface area contributed by atoms with Crippen molar-refractivity contribution < 1.29 is 4.79 Å². The van der Waals surface area contributed by atoms with Crippen molar-refractivity contribution in [3.8, 4) is 0 Å². The van der Waals surface area contributed by atoms with Gasteiger partial charge in [0.25, 0.3) is 0 Å². The van der Waals surface area contributed by atoms with Gasteiger partial charge in [-0.25, -0.2) is 0 Å². The van der Waals surface area contributed by atoms with Gasteiger partial charge in [0.1, 0.15) is 0 Å². The molecule has 3 N–H and O–H groups in total. The average molecular weight is 262 g/mol. The van der Waals surface area contributed by atoms with Gasteiger partial charge in [-0.1, -0.05) is 19.9 Å². The Hall–Kier alpha value is -1.35. The first-order chi connectivity index (χ1) is 8.70. The summed E-state index contributed by atoms with van der Waals surface area (Å²) in [5, 5.41) is 2.90. The van der Waals surface area contributed by atoms with Crippen molar-refractivity contribution in [1.82, 2.24) is 5.32 Å². The Morgan fingerprint density at radius 2 is 1.63 bits per heavy atom. The van der Waals surface area contributed by atoms with Gasteiger partial charge < -0.3 is 11.1 Å². The molecule has 0 aliphatic rings. The molecule has 3 heteroatoms. The summed E-state index contributed by atoms with van der Waals surface area (Å²) in [4.78, 5) is 11.4. The highest BCUT2D eigenvalue weighted by atomic mass is 16.1. The molecule has 1 aromatic rings. The molecule has 0 radical (unpaired) electrons. The lowest BCUT2D eigenvalue weighted by atomic mass is 9.77. The van der Waals surface area contributed by atoms with E-state index in [0.29, 0.717) is 6.54 Å². The molecule has 0 fully saturated rings. The maximum absolute atomic E-state index is 11.4. The van der Waals surface area contributed by atoms with Crippen molar-refractivity contribution in [3.63, 3.8) is 0 Å². The Balaban J connectivity index is 3.17. The number of nitrogens with one attached hydrogen (secondary N) is 1. The average Bonchev–Trinajstić information content (AvgIpc) is 2.33. The predicted octanol–water partition coefficient (Wildman–Crippen LogP) is 2.27. The maximum atomic E-state index is 11.4. The third-order valence-corrected chi connectivity index (χ3v) is 3.96. The lowest BCUT2D eigenvalue weighted by molar-refractivity contribution is -0.119. The van der Waals surface area contributed by atoms with Crippen molar-refractivity contribution in [2.75, 3.05) is 13.1 Å². The van der Waals surface area contributed by atoms with Crippen LogP contribution in [0.3, 0.4) is 0 Å². The largest absolute Gasteiger partial charge is 0.354 e. The highest BCUT2D eigenvalue weighted by molar-refractivity contribution is 5.77. The molecule has 106 valence electrons. The number of carbonyl (C=O) groups is 1. The summed E-state index contributed by atoms with van der Waals surface area (Å²) in [7, 11) is 0. The molecule has 3 nitrogen and oxygen atoms in total. The summed E-state index contributed by atoms with van der Waals surface area (Å²) < 4.78 is 0. The Kier molecular flexibility index (Phi) is 4.75. The van der Waals surface area contributed by atoms with Crippen molar-refractivity contribution in [1.29, 1.82) is 0 Å². The van der Waals surface area contributed by atoms with Crippen LogP contribution in [0.15, 0.2) is 6.07 Å².